The number of carbonyl (C=O) groups is 2. The third-order valence-corrected chi connectivity index (χ3v) is 4.58. The summed E-state index contributed by atoms with van der Waals surface area (Å²) in [6.45, 7) is 1.47. The number of carboxylic acids is 1. The number of hydrogen-bond acceptors (Lipinski definition) is 3. The van der Waals surface area contributed by atoms with Crippen molar-refractivity contribution in [1.29, 1.82) is 0 Å². The molecule has 0 bridgehead atoms. The molecule has 1 aliphatic heterocycles. The summed E-state index contributed by atoms with van der Waals surface area (Å²) in [6.07, 6.45) is 9.20. The van der Waals surface area contributed by atoms with Gasteiger partial charge in [0, 0.05) is 25.6 Å². The lowest BCUT2D eigenvalue weighted by atomic mass is 9.98. The van der Waals surface area contributed by atoms with Crippen molar-refractivity contribution < 1.29 is 14.7 Å². The molecule has 21 heavy (non-hydrogen) atoms. The fraction of sp³-hybridized carbons (Fsp3) is 0.867. The molecular formula is C15H28N2O3S. The van der Waals surface area contributed by atoms with Crippen molar-refractivity contribution in [2.45, 2.75) is 57.4 Å². The van der Waals surface area contributed by atoms with E-state index in [2.05, 4.69) is 11.6 Å². The number of unbranched alkanes of at least 4 members (excludes halogenated alkanes) is 2. The molecule has 5 nitrogen and oxygen atoms in total. The smallest absolute Gasteiger partial charge is 0.317 e. The second-order valence-electron chi connectivity index (χ2n) is 5.56. The van der Waals surface area contributed by atoms with Gasteiger partial charge in [0.1, 0.15) is 0 Å². The number of hydrogen-bond donors (Lipinski definition) is 2. The van der Waals surface area contributed by atoms with Crippen LogP contribution in [0.25, 0.3) is 0 Å². The van der Waals surface area contributed by atoms with Gasteiger partial charge in [-0.1, -0.05) is 6.42 Å². The molecule has 0 radical (unpaired) electrons. The van der Waals surface area contributed by atoms with Gasteiger partial charge in [0.25, 0.3) is 0 Å². The maximum atomic E-state index is 12.2. The van der Waals surface area contributed by atoms with E-state index in [1.165, 1.54) is 12.2 Å². The Kier molecular flexibility index (Phi) is 9.30. The van der Waals surface area contributed by atoms with Gasteiger partial charge in [0.15, 0.2) is 0 Å². The quantitative estimate of drug-likeness (QED) is 0.642. The van der Waals surface area contributed by atoms with Crippen molar-refractivity contribution in [3.05, 3.63) is 0 Å². The second kappa shape index (κ2) is 10.8. The van der Waals surface area contributed by atoms with Gasteiger partial charge in [-0.3, -0.25) is 4.79 Å². The van der Waals surface area contributed by atoms with E-state index in [1.54, 1.807) is 0 Å². The fourth-order valence-electron chi connectivity index (χ4n) is 2.70. The van der Waals surface area contributed by atoms with E-state index in [0.29, 0.717) is 6.42 Å². The molecule has 0 aliphatic carbocycles. The monoisotopic (exact) mass is 316 g/mol. The van der Waals surface area contributed by atoms with Crippen LogP contribution >= 0.6 is 11.8 Å². The number of nitrogens with zero attached hydrogens (tertiary/aromatic N) is 1. The first kappa shape index (κ1) is 18.1. The average molecular weight is 316 g/mol. The molecule has 1 aliphatic rings. The minimum Gasteiger partial charge on any atom is -0.481 e. The number of likely N-dealkylation sites (tertiary alicyclic amines) is 1. The van der Waals surface area contributed by atoms with Crippen molar-refractivity contribution in [2.24, 2.45) is 0 Å². The largest absolute Gasteiger partial charge is 0.481 e. The molecule has 1 heterocycles. The first-order valence-corrected chi connectivity index (χ1v) is 9.29. The zero-order valence-electron chi connectivity index (χ0n) is 13.0. The number of urea groups is 1. The van der Waals surface area contributed by atoms with Gasteiger partial charge < -0.3 is 15.3 Å². The predicted molar refractivity (Wildman–Crippen MR) is 86.8 cm³/mol. The molecule has 0 saturated carbocycles. The highest BCUT2D eigenvalue weighted by Gasteiger charge is 2.26. The molecule has 1 unspecified atom stereocenters. The van der Waals surface area contributed by atoms with Crippen molar-refractivity contribution in [3.63, 3.8) is 0 Å². The lowest BCUT2D eigenvalue weighted by Gasteiger charge is -2.35. The van der Waals surface area contributed by atoms with Crippen LogP contribution in [-0.4, -0.2) is 53.1 Å². The number of carboxylic acid groups (broad SMARTS) is 1. The minimum absolute atomic E-state index is 0.0186. The Hall–Kier alpha value is -0.910. The number of thioether (sulfide) groups is 1. The molecule has 122 valence electrons. The predicted octanol–water partition coefficient (Wildman–Crippen LogP) is 2.95. The van der Waals surface area contributed by atoms with Crippen LogP contribution in [0.5, 0.6) is 0 Å². The number of nitrogens with one attached hydrogen (secondary N) is 1. The Morgan fingerprint density at radius 2 is 2.10 bits per heavy atom. The zero-order chi connectivity index (χ0) is 15.5. The van der Waals surface area contributed by atoms with Gasteiger partial charge in [-0.2, -0.15) is 11.8 Å². The van der Waals surface area contributed by atoms with Crippen LogP contribution in [0.4, 0.5) is 4.79 Å². The molecule has 6 heteroatoms. The summed E-state index contributed by atoms with van der Waals surface area (Å²) in [5, 5.41) is 11.8. The highest BCUT2D eigenvalue weighted by molar-refractivity contribution is 7.98. The van der Waals surface area contributed by atoms with E-state index >= 15 is 0 Å². The summed E-state index contributed by atoms with van der Waals surface area (Å²) in [5.74, 6) is 0.395. The van der Waals surface area contributed by atoms with Crippen molar-refractivity contribution in [3.8, 4) is 0 Å². The van der Waals surface area contributed by atoms with Crippen LogP contribution in [0.15, 0.2) is 0 Å². The lowest BCUT2D eigenvalue weighted by molar-refractivity contribution is -0.137. The Labute approximate surface area is 131 Å². The highest BCUT2D eigenvalue weighted by Crippen LogP contribution is 2.20. The van der Waals surface area contributed by atoms with Gasteiger partial charge >= 0.3 is 12.0 Å². The molecule has 0 aromatic heterocycles. The summed E-state index contributed by atoms with van der Waals surface area (Å²) in [4.78, 5) is 24.7. The van der Waals surface area contributed by atoms with Crippen LogP contribution < -0.4 is 5.32 Å². The molecule has 1 fully saturated rings. The highest BCUT2D eigenvalue weighted by atomic mass is 32.2. The molecule has 0 aromatic carbocycles. The Morgan fingerprint density at radius 1 is 1.29 bits per heavy atom. The topological polar surface area (TPSA) is 69.6 Å². The first-order chi connectivity index (χ1) is 10.1. The maximum Gasteiger partial charge on any atom is 0.317 e. The van der Waals surface area contributed by atoms with E-state index in [4.69, 9.17) is 5.11 Å². The van der Waals surface area contributed by atoms with Gasteiger partial charge in [-0.05, 0) is 50.5 Å². The number of amides is 2. The summed E-state index contributed by atoms with van der Waals surface area (Å²) in [7, 11) is 0. The Morgan fingerprint density at radius 3 is 2.81 bits per heavy atom. The molecule has 1 saturated heterocycles. The normalized spacial score (nSPS) is 18.5. The minimum atomic E-state index is -0.783. The molecule has 0 aromatic rings. The summed E-state index contributed by atoms with van der Waals surface area (Å²) >= 11 is 1.85. The van der Waals surface area contributed by atoms with Crippen molar-refractivity contribution >= 4 is 23.8 Å². The van der Waals surface area contributed by atoms with E-state index in [-0.39, 0.29) is 18.5 Å². The molecular weight excluding hydrogens is 288 g/mol. The first-order valence-electron chi connectivity index (χ1n) is 7.90. The average Bonchev–Trinajstić information content (AvgIpc) is 2.48. The second-order valence-corrected chi connectivity index (χ2v) is 6.55. The van der Waals surface area contributed by atoms with Gasteiger partial charge in [-0.15, -0.1) is 0 Å². The summed E-state index contributed by atoms with van der Waals surface area (Å²) < 4.78 is 0. The summed E-state index contributed by atoms with van der Waals surface area (Å²) in [6, 6.07) is 0.0706. The summed E-state index contributed by atoms with van der Waals surface area (Å²) in [5.41, 5.74) is 0. The number of aliphatic carboxylic acids is 1. The lowest BCUT2D eigenvalue weighted by Crippen LogP contribution is -2.49. The molecule has 2 amide bonds. The van der Waals surface area contributed by atoms with Crippen molar-refractivity contribution in [1.82, 2.24) is 10.2 Å². The van der Waals surface area contributed by atoms with Crippen LogP contribution in [0.2, 0.25) is 0 Å². The van der Waals surface area contributed by atoms with Gasteiger partial charge in [-0.25, -0.2) is 4.79 Å². The SMILES string of the molecule is CSCCCCCNC(=O)N1CCCCC1CCC(=O)O. The van der Waals surface area contributed by atoms with Crippen LogP contribution in [0, 0.1) is 0 Å². The molecule has 1 rings (SSSR count). The molecule has 2 N–H and O–H groups in total. The van der Waals surface area contributed by atoms with E-state index in [1.807, 2.05) is 16.7 Å². The maximum absolute atomic E-state index is 12.2. The van der Waals surface area contributed by atoms with E-state index < -0.39 is 5.97 Å². The van der Waals surface area contributed by atoms with Crippen LogP contribution in [-0.2, 0) is 4.79 Å². The Bertz CT molecular complexity index is 326. The molecule has 0 spiro atoms. The van der Waals surface area contributed by atoms with Gasteiger partial charge in [0.05, 0.1) is 0 Å². The fourth-order valence-corrected chi connectivity index (χ4v) is 3.20. The van der Waals surface area contributed by atoms with Crippen molar-refractivity contribution in [2.75, 3.05) is 25.1 Å². The van der Waals surface area contributed by atoms with Crippen LogP contribution in [0.1, 0.15) is 51.4 Å². The van der Waals surface area contributed by atoms with Crippen LogP contribution in [0.3, 0.4) is 0 Å². The number of rotatable bonds is 9. The van der Waals surface area contributed by atoms with E-state index in [0.717, 1.165) is 45.2 Å². The third kappa shape index (κ3) is 7.60. The van der Waals surface area contributed by atoms with E-state index in [9.17, 15) is 9.59 Å². The number of piperidine rings is 1. The zero-order valence-corrected chi connectivity index (χ0v) is 13.8. The van der Waals surface area contributed by atoms with Gasteiger partial charge in [0.2, 0.25) is 0 Å². The third-order valence-electron chi connectivity index (χ3n) is 3.88. The Balaban J connectivity index is 2.26. The standard InChI is InChI=1S/C15H28N2O3S/c1-21-12-6-2-4-10-16-15(20)17-11-5-3-7-13(17)8-9-14(18)19/h13H,2-12H2,1H3,(H,16,20)(H,18,19). The number of carbonyl (C=O) groups excluding carboxylic acids is 1. The molecule has 1 atom stereocenters.